The van der Waals surface area contributed by atoms with E-state index in [9.17, 15) is 4.91 Å². The molecule has 2 atom stereocenters. The monoisotopic (exact) mass is 185 g/mol. The van der Waals surface area contributed by atoms with Crippen molar-refractivity contribution in [1.82, 2.24) is 0 Å². The van der Waals surface area contributed by atoms with Crippen molar-refractivity contribution in [3.63, 3.8) is 0 Å². The van der Waals surface area contributed by atoms with E-state index in [2.05, 4.69) is 25.9 Å². The molecule has 0 aromatic rings. The van der Waals surface area contributed by atoms with Gasteiger partial charge in [0.05, 0.1) is 6.04 Å². The molecule has 0 aromatic heterocycles. The maximum absolute atomic E-state index is 10.3. The molecule has 2 unspecified atom stereocenters. The Bertz CT molecular complexity index is 134. The van der Waals surface area contributed by atoms with E-state index in [1.54, 1.807) is 0 Å². The third-order valence-corrected chi connectivity index (χ3v) is 2.36. The molecule has 0 rings (SSSR count). The topological polar surface area (TPSA) is 29.4 Å². The molecule has 0 saturated heterocycles. The van der Waals surface area contributed by atoms with Crippen molar-refractivity contribution in [3.8, 4) is 0 Å². The van der Waals surface area contributed by atoms with Crippen molar-refractivity contribution in [2.75, 3.05) is 0 Å². The summed E-state index contributed by atoms with van der Waals surface area (Å²) < 4.78 is 0. The summed E-state index contributed by atoms with van der Waals surface area (Å²) in [5, 5.41) is 3.07. The predicted molar refractivity (Wildman–Crippen MR) is 57.7 cm³/mol. The highest BCUT2D eigenvalue weighted by molar-refractivity contribution is 4.68. The van der Waals surface area contributed by atoms with Gasteiger partial charge in [0.1, 0.15) is 0 Å². The van der Waals surface area contributed by atoms with Crippen molar-refractivity contribution >= 4 is 0 Å². The van der Waals surface area contributed by atoms with Crippen LogP contribution in [0.1, 0.15) is 53.4 Å². The summed E-state index contributed by atoms with van der Waals surface area (Å²) >= 11 is 0. The van der Waals surface area contributed by atoms with E-state index >= 15 is 0 Å². The van der Waals surface area contributed by atoms with Gasteiger partial charge < -0.3 is 0 Å². The second kappa shape index (κ2) is 7.05. The Balaban J connectivity index is 3.85. The molecule has 0 aliphatic heterocycles. The molecule has 0 N–H and O–H groups in total. The lowest BCUT2D eigenvalue weighted by atomic mass is 9.88. The second-order valence-electron chi connectivity index (χ2n) is 4.47. The summed E-state index contributed by atoms with van der Waals surface area (Å²) in [6.07, 6.45) is 4.64. The zero-order valence-corrected chi connectivity index (χ0v) is 9.42. The van der Waals surface area contributed by atoms with Crippen LogP contribution in [0, 0.1) is 16.7 Å². The number of nitrogens with zero attached hydrogens (tertiary/aromatic N) is 1. The highest BCUT2D eigenvalue weighted by atomic mass is 16.3. The van der Waals surface area contributed by atoms with Gasteiger partial charge in [-0.15, -0.1) is 0 Å². The summed E-state index contributed by atoms with van der Waals surface area (Å²) in [5.41, 5.74) is 0. The van der Waals surface area contributed by atoms with Crippen molar-refractivity contribution in [2.45, 2.75) is 59.4 Å². The van der Waals surface area contributed by atoms with E-state index in [0.29, 0.717) is 5.92 Å². The SMILES string of the molecule is CCCC(CC(C)C)CC(C)N=O. The predicted octanol–water partition coefficient (Wildman–Crippen LogP) is 3.99. The van der Waals surface area contributed by atoms with Crippen molar-refractivity contribution < 1.29 is 0 Å². The van der Waals surface area contributed by atoms with E-state index in [1.165, 1.54) is 19.3 Å². The minimum absolute atomic E-state index is 0.00435. The Morgan fingerprint density at radius 1 is 1.15 bits per heavy atom. The molecule has 0 fully saturated rings. The van der Waals surface area contributed by atoms with Gasteiger partial charge in [-0.3, -0.25) is 0 Å². The van der Waals surface area contributed by atoms with Crippen LogP contribution in [0.15, 0.2) is 5.18 Å². The molecule has 2 heteroatoms. The van der Waals surface area contributed by atoms with Crippen LogP contribution in [0.5, 0.6) is 0 Å². The molecule has 0 heterocycles. The Labute approximate surface area is 82.1 Å². The van der Waals surface area contributed by atoms with E-state index in [0.717, 1.165) is 12.3 Å². The van der Waals surface area contributed by atoms with Crippen LogP contribution in [0.25, 0.3) is 0 Å². The van der Waals surface area contributed by atoms with Crippen molar-refractivity contribution in [1.29, 1.82) is 0 Å². The average Bonchev–Trinajstić information content (AvgIpc) is 2.03. The van der Waals surface area contributed by atoms with Gasteiger partial charge >= 0.3 is 0 Å². The second-order valence-corrected chi connectivity index (χ2v) is 4.47. The van der Waals surface area contributed by atoms with E-state index in [4.69, 9.17) is 0 Å². The van der Waals surface area contributed by atoms with Crippen LogP contribution >= 0.6 is 0 Å². The lowest BCUT2D eigenvalue weighted by Gasteiger charge is -2.18. The largest absolute Gasteiger partial charge is 0.151 e. The first-order valence-electron chi connectivity index (χ1n) is 5.42. The molecule has 0 aromatic carbocycles. The number of rotatable bonds is 7. The first-order chi connectivity index (χ1) is 6.10. The fraction of sp³-hybridized carbons (Fsp3) is 1.00. The molecule has 0 spiro atoms. The van der Waals surface area contributed by atoms with Gasteiger partial charge in [0.25, 0.3) is 0 Å². The molecule has 0 bridgehead atoms. The van der Waals surface area contributed by atoms with Crippen LogP contribution in [0.4, 0.5) is 0 Å². The summed E-state index contributed by atoms with van der Waals surface area (Å²) in [4.78, 5) is 10.3. The maximum Gasteiger partial charge on any atom is 0.0894 e. The van der Waals surface area contributed by atoms with E-state index in [-0.39, 0.29) is 6.04 Å². The number of nitroso groups, excluding NO2 is 1. The summed E-state index contributed by atoms with van der Waals surface area (Å²) in [5.74, 6) is 1.42. The molecular formula is C11H23NO. The zero-order valence-electron chi connectivity index (χ0n) is 9.42. The third kappa shape index (κ3) is 6.73. The van der Waals surface area contributed by atoms with Gasteiger partial charge in [-0.05, 0) is 31.6 Å². The van der Waals surface area contributed by atoms with Crippen molar-refractivity contribution in [2.24, 2.45) is 17.0 Å². The molecule has 2 nitrogen and oxygen atoms in total. The van der Waals surface area contributed by atoms with Gasteiger partial charge in [-0.1, -0.05) is 38.8 Å². The number of hydrogen-bond acceptors (Lipinski definition) is 2. The Morgan fingerprint density at radius 2 is 1.77 bits per heavy atom. The lowest BCUT2D eigenvalue weighted by molar-refractivity contribution is 0.343. The summed E-state index contributed by atoms with van der Waals surface area (Å²) in [6, 6.07) is -0.00435. The van der Waals surface area contributed by atoms with Gasteiger partial charge in [0.15, 0.2) is 0 Å². The fourth-order valence-corrected chi connectivity index (χ4v) is 1.93. The minimum atomic E-state index is -0.00435. The van der Waals surface area contributed by atoms with Gasteiger partial charge in [0, 0.05) is 0 Å². The molecule has 78 valence electrons. The zero-order chi connectivity index (χ0) is 10.3. The van der Waals surface area contributed by atoms with Crippen LogP contribution in [0.3, 0.4) is 0 Å². The molecule has 0 amide bonds. The number of hydrogen-bond donors (Lipinski definition) is 0. The van der Waals surface area contributed by atoms with E-state index in [1.807, 2.05) is 6.92 Å². The highest BCUT2D eigenvalue weighted by Gasteiger charge is 2.14. The highest BCUT2D eigenvalue weighted by Crippen LogP contribution is 2.22. The first kappa shape index (κ1) is 12.6. The molecule has 0 aliphatic carbocycles. The summed E-state index contributed by atoms with van der Waals surface area (Å²) in [6.45, 7) is 8.59. The summed E-state index contributed by atoms with van der Waals surface area (Å²) in [7, 11) is 0. The Morgan fingerprint density at radius 3 is 2.15 bits per heavy atom. The Hall–Kier alpha value is -0.400. The molecule has 0 saturated carbocycles. The fourth-order valence-electron chi connectivity index (χ4n) is 1.93. The van der Waals surface area contributed by atoms with Crippen LogP contribution < -0.4 is 0 Å². The van der Waals surface area contributed by atoms with Gasteiger partial charge in [0.2, 0.25) is 0 Å². The lowest BCUT2D eigenvalue weighted by Crippen LogP contribution is -2.11. The van der Waals surface area contributed by atoms with Crippen LogP contribution in [-0.4, -0.2) is 6.04 Å². The quantitative estimate of drug-likeness (QED) is 0.551. The minimum Gasteiger partial charge on any atom is -0.151 e. The van der Waals surface area contributed by atoms with Crippen LogP contribution in [0.2, 0.25) is 0 Å². The smallest absolute Gasteiger partial charge is 0.0894 e. The molecule has 13 heavy (non-hydrogen) atoms. The third-order valence-electron chi connectivity index (χ3n) is 2.36. The normalized spacial score (nSPS) is 15.8. The van der Waals surface area contributed by atoms with Crippen molar-refractivity contribution in [3.05, 3.63) is 4.91 Å². The molecule has 0 radical (unpaired) electrons. The van der Waals surface area contributed by atoms with Gasteiger partial charge in [-0.25, -0.2) is 0 Å². The Kier molecular flexibility index (Phi) is 6.83. The van der Waals surface area contributed by atoms with E-state index < -0.39 is 0 Å². The standard InChI is InChI=1S/C11H23NO/c1-5-6-11(7-9(2)3)8-10(4)12-13/h9-11H,5-8H2,1-4H3. The average molecular weight is 185 g/mol. The van der Waals surface area contributed by atoms with Gasteiger partial charge in [-0.2, -0.15) is 4.91 Å². The maximum atomic E-state index is 10.3. The molecular weight excluding hydrogens is 162 g/mol. The van der Waals surface area contributed by atoms with Crippen LogP contribution in [-0.2, 0) is 0 Å². The first-order valence-corrected chi connectivity index (χ1v) is 5.42. The molecule has 0 aliphatic rings.